The molecule has 0 saturated carbocycles. The number of aromatic nitrogens is 3. The molecule has 0 aromatic carbocycles. The van der Waals surface area contributed by atoms with Crippen LogP contribution in [-0.2, 0) is 20.1 Å². The fraction of sp³-hybridized carbons (Fsp3) is 0.250. The minimum Gasteiger partial charge on any atom is -0.342 e. The highest BCUT2D eigenvalue weighted by Gasteiger charge is 2.01. The molecule has 5 nitrogen and oxygen atoms in total. The predicted molar refractivity (Wildman–Crippen MR) is 62.7 cm³/mol. The van der Waals surface area contributed by atoms with Gasteiger partial charge in [0.25, 0.3) is 0 Å². The lowest BCUT2D eigenvalue weighted by molar-refractivity contribution is 0.677. The molecule has 0 unspecified atom stereocenters. The number of nitrogens with zero attached hydrogens (tertiary/aromatic N) is 4. The first-order chi connectivity index (χ1) is 8.29. The summed E-state index contributed by atoms with van der Waals surface area (Å²) >= 11 is 0. The standard InChI is InChI=1S/C12H13N5/c1-17-8-10(4-12(17)5-13)6-15-7-11-2-3-14-9-16-11/h2-4,8-9,15H,6-7H2,1H3. The maximum absolute atomic E-state index is 8.83. The Balaban J connectivity index is 1.88. The molecule has 86 valence electrons. The van der Waals surface area contributed by atoms with Crippen molar-refractivity contribution in [2.75, 3.05) is 0 Å². The van der Waals surface area contributed by atoms with Crippen molar-refractivity contribution < 1.29 is 0 Å². The van der Waals surface area contributed by atoms with Crippen LogP contribution in [0, 0.1) is 11.3 Å². The summed E-state index contributed by atoms with van der Waals surface area (Å²) < 4.78 is 1.82. The summed E-state index contributed by atoms with van der Waals surface area (Å²) in [4.78, 5) is 7.98. The lowest BCUT2D eigenvalue weighted by atomic mass is 10.3. The highest BCUT2D eigenvalue weighted by Crippen LogP contribution is 2.05. The van der Waals surface area contributed by atoms with Crippen molar-refractivity contribution in [2.45, 2.75) is 13.1 Å². The Bertz CT molecular complexity index is 524. The number of hydrogen-bond donors (Lipinski definition) is 1. The van der Waals surface area contributed by atoms with Crippen LogP contribution in [0.5, 0.6) is 0 Å². The van der Waals surface area contributed by atoms with Gasteiger partial charge >= 0.3 is 0 Å². The van der Waals surface area contributed by atoms with E-state index in [0.717, 1.165) is 17.8 Å². The quantitative estimate of drug-likeness (QED) is 0.845. The maximum Gasteiger partial charge on any atom is 0.120 e. The zero-order chi connectivity index (χ0) is 12.1. The number of aryl methyl sites for hydroxylation is 1. The predicted octanol–water partition coefficient (Wildman–Crippen LogP) is 0.977. The van der Waals surface area contributed by atoms with Crippen LogP contribution in [0.3, 0.4) is 0 Å². The topological polar surface area (TPSA) is 66.5 Å². The number of nitrogens with one attached hydrogen (secondary N) is 1. The molecule has 0 aliphatic rings. The van der Waals surface area contributed by atoms with E-state index in [1.54, 1.807) is 6.20 Å². The van der Waals surface area contributed by atoms with Crippen LogP contribution in [0.1, 0.15) is 17.0 Å². The molecule has 1 N–H and O–H groups in total. The minimum atomic E-state index is 0.670. The van der Waals surface area contributed by atoms with E-state index >= 15 is 0 Å². The van der Waals surface area contributed by atoms with Crippen molar-refractivity contribution in [1.82, 2.24) is 19.9 Å². The molecule has 2 aromatic rings. The smallest absolute Gasteiger partial charge is 0.120 e. The van der Waals surface area contributed by atoms with Crippen LogP contribution in [0.15, 0.2) is 30.9 Å². The van der Waals surface area contributed by atoms with Crippen molar-refractivity contribution in [2.24, 2.45) is 7.05 Å². The number of nitriles is 1. The molecule has 5 heteroatoms. The van der Waals surface area contributed by atoms with Crippen LogP contribution in [0.4, 0.5) is 0 Å². The van der Waals surface area contributed by atoms with E-state index in [2.05, 4.69) is 21.4 Å². The molecule has 0 bridgehead atoms. The van der Waals surface area contributed by atoms with Crippen molar-refractivity contribution in [3.63, 3.8) is 0 Å². The van der Waals surface area contributed by atoms with Crippen LogP contribution in [-0.4, -0.2) is 14.5 Å². The summed E-state index contributed by atoms with van der Waals surface area (Å²) in [6, 6.07) is 5.89. The molecule has 0 aliphatic heterocycles. The van der Waals surface area contributed by atoms with Gasteiger partial charge < -0.3 is 9.88 Å². The van der Waals surface area contributed by atoms with Gasteiger partial charge in [-0.3, -0.25) is 0 Å². The molecule has 2 heterocycles. The summed E-state index contributed by atoms with van der Waals surface area (Å²) in [5.74, 6) is 0. The lowest BCUT2D eigenvalue weighted by Crippen LogP contribution is -2.13. The molecule has 2 aromatic heterocycles. The lowest BCUT2D eigenvalue weighted by Gasteiger charge is -2.01. The molecular weight excluding hydrogens is 214 g/mol. The zero-order valence-corrected chi connectivity index (χ0v) is 9.59. The van der Waals surface area contributed by atoms with E-state index in [0.29, 0.717) is 12.2 Å². The Morgan fingerprint density at radius 1 is 1.47 bits per heavy atom. The van der Waals surface area contributed by atoms with Gasteiger partial charge in [-0.1, -0.05) is 0 Å². The van der Waals surface area contributed by atoms with Gasteiger partial charge in [-0.15, -0.1) is 0 Å². The third-order valence-corrected chi connectivity index (χ3v) is 2.45. The normalized spacial score (nSPS) is 10.1. The van der Waals surface area contributed by atoms with Crippen molar-refractivity contribution in [1.29, 1.82) is 5.26 Å². The van der Waals surface area contributed by atoms with Crippen LogP contribution in [0.2, 0.25) is 0 Å². The molecular formula is C12H13N5. The molecule has 0 atom stereocenters. The molecule has 0 amide bonds. The third-order valence-electron chi connectivity index (χ3n) is 2.45. The van der Waals surface area contributed by atoms with E-state index in [-0.39, 0.29) is 0 Å². The second-order valence-corrected chi connectivity index (χ2v) is 3.76. The molecule has 0 aliphatic carbocycles. The fourth-order valence-electron chi connectivity index (χ4n) is 1.60. The molecule has 0 spiro atoms. The largest absolute Gasteiger partial charge is 0.342 e. The van der Waals surface area contributed by atoms with Gasteiger partial charge in [0.1, 0.15) is 18.1 Å². The maximum atomic E-state index is 8.83. The number of hydrogen-bond acceptors (Lipinski definition) is 4. The highest BCUT2D eigenvalue weighted by atomic mass is 14.9. The Morgan fingerprint density at radius 3 is 3.00 bits per heavy atom. The average molecular weight is 227 g/mol. The average Bonchev–Trinajstić information content (AvgIpc) is 2.71. The van der Waals surface area contributed by atoms with Crippen molar-refractivity contribution in [3.8, 4) is 6.07 Å². The van der Waals surface area contributed by atoms with E-state index < -0.39 is 0 Å². The third kappa shape index (κ3) is 2.89. The first-order valence-electron chi connectivity index (χ1n) is 5.30. The Kier molecular flexibility index (Phi) is 3.48. The van der Waals surface area contributed by atoms with Gasteiger partial charge in [-0.05, 0) is 17.7 Å². The van der Waals surface area contributed by atoms with Gasteiger partial charge in [0.15, 0.2) is 0 Å². The van der Waals surface area contributed by atoms with Crippen LogP contribution < -0.4 is 5.32 Å². The Hall–Kier alpha value is -2.19. The van der Waals surface area contributed by atoms with Gasteiger partial charge in [-0.25, -0.2) is 9.97 Å². The molecule has 0 fully saturated rings. The Morgan fingerprint density at radius 2 is 2.35 bits per heavy atom. The van der Waals surface area contributed by atoms with Crippen molar-refractivity contribution in [3.05, 3.63) is 47.8 Å². The summed E-state index contributed by atoms with van der Waals surface area (Å²) in [5.41, 5.74) is 2.72. The highest BCUT2D eigenvalue weighted by molar-refractivity contribution is 5.28. The summed E-state index contributed by atoms with van der Waals surface area (Å²) in [6.07, 6.45) is 5.21. The second kappa shape index (κ2) is 5.23. The Labute approximate surface area is 99.7 Å². The van der Waals surface area contributed by atoms with E-state index in [1.165, 1.54) is 6.33 Å². The van der Waals surface area contributed by atoms with Gasteiger partial charge in [0.2, 0.25) is 0 Å². The first-order valence-corrected chi connectivity index (χ1v) is 5.30. The second-order valence-electron chi connectivity index (χ2n) is 3.76. The van der Waals surface area contributed by atoms with Gasteiger partial charge in [-0.2, -0.15) is 5.26 Å². The van der Waals surface area contributed by atoms with Gasteiger partial charge in [0.05, 0.1) is 5.69 Å². The zero-order valence-electron chi connectivity index (χ0n) is 9.59. The summed E-state index contributed by atoms with van der Waals surface area (Å²) in [7, 11) is 1.87. The van der Waals surface area contributed by atoms with E-state index in [1.807, 2.05) is 29.9 Å². The minimum absolute atomic E-state index is 0.670. The van der Waals surface area contributed by atoms with E-state index in [9.17, 15) is 0 Å². The van der Waals surface area contributed by atoms with E-state index in [4.69, 9.17) is 5.26 Å². The molecule has 2 rings (SSSR count). The molecule has 0 radical (unpaired) electrons. The summed E-state index contributed by atoms with van der Waals surface area (Å²) in [6.45, 7) is 1.42. The van der Waals surface area contributed by atoms with Crippen LogP contribution in [0.25, 0.3) is 0 Å². The van der Waals surface area contributed by atoms with Crippen LogP contribution >= 0.6 is 0 Å². The van der Waals surface area contributed by atoms with Crippen molar-refractivity contribution >= 4 is 0 Å². The monoisotopic (exact) mass is 227 g/mol. The molecule has 0 saturated heterocycles. The first kappa shape index (κ1) is 11.3. The SMILES string of the molecule is Cn1cc(CNCc2ccncn2)cc1C#N. The number of rotatable bonds is 4. The summed E-state index contributed by atoms with van der Waals surface area (Å²) in [5, 5.41) is 12.1. The molecule has 17 heavy (non-hydrogen) atoms. The fourth-order valence-corrected chi connectivity index (χ4v) is 1.60. The van der Waals surface area contributed by atoms with Gasteiger partial charge in [0, 0.05) is 32.5 Å².